The van der Waals surface area contributed by atoms with Crippen molar-refractivity contribution in [1.82, 2.24) is 4.90 Å². The van der Waals surface area contributed by atoms with Gasteiger partial charge in [0.2, 0.25) is 5.91 Å². The number of carbonyl (C=O) groups is 2. The molecule has 39 heavy (non-hydrogen) atoms. The predicted octanol–water partition coefficient (Wildman–Crippen LogP) is 5.94. The van der Waals surface area contributed by atoms with Crippen molar-refractivity contribution in [3.8, 4) is 0 Å². The van der Waals surface area contributed by atoms with Gasteiger partial charge in [-0.15, -0.1) is 0 Å². The maximum atomic E-state index is 13.6. The molecule has 1 atom stereocenters. The minimum Gasteiger partial charge on any atom is -0.478 e. The van der Waals surface area contributed by atoms with Crippen molar-refractivity contribution in [3.63, 3.8) is 0 Å². The van der Waals surface area contributed by atoms with Gasteiger partial charge in [-0.2, -0.15) is 13.2 Å². The van der Waals surface area contributed by atoms with E-state index < -0.39 is 40.3 Å². The molecule has 0 aliphatic carbocycles. The molecule has 0 saturated heterocycles. The van der Waals surface area contributed by atoms with E-state index in [1.165, 1.54) is 46.5 Å². The number of aromatic carboxylic acids is 1. The Hall–Kier alpha value is -4.38. The predicted molar refractivity (Wildman–Crippen MR) is 137 cm³/mol. The number of carboxylic acid groups (broad SMARTS) is 1. The van der Waals surface area contributed by atoms with E-state index in [0.717, 1.165) is 18.2 Å². The lowest BCUT2D eigenvalue weighted by molar-refractivity contribution is -0.384. The van der Waals surface area contributed by atoms with Gasteiger partial charge in [0, 0.05) is 36.5 Å². The molecule has 4 rings (SSSR count). The van der Waals surface area contributed by atoms with E-state index >= 15 is 0 Å². The van der Waals surface area contributed by atoms with Gasteiger partial charge in [-0.3, -0.25) is 14.9 Å². The highest BCUT2D eigenvalue weighted by atomic mass is 35.5. The summed E-state index contributed by atoms with van der Waals surface area (Å²) in [5.74, 6) is -1.77. The fourth-order valence-electron chi connectivity index (χ4n) is 4.28. The van der Waals surface area contributed by atoms with E-state index in [2.05, 4.69) is 0 Å². The van der Waals surface area contributed by atoms with E-state index in [9.17, 15) is 38.0 Å². The van der Waals surface area contributed by atoms with Gasteiger partial charge in [0.05, 0.1) is 16.1 Å². The van der Waals surface area contributed by atoms with Gasteiger partial charge in [-0.25, -0.2) is 4.79 Å². The fraction of sp³-hybridized carbons (Fsp3) is 0.185. The molecule has 1 aliphatic heterocycles. The van der Waals surface area contributed by atoms with Crippen LogP contribution in [0.5, 0.6) is 0 Å². The molecule has 3 aromatic carbocycles. The maximum absolute atomic E-state index is 13.6. The molecule has 0 bridgehead atoms. The molecular weight excluding hydrogens is 539 g/mol. The number of nitro benzene ring substituents is 1. The van der Waals surface area contributed by atoms with E-state index in [1.807, 2.05) is 0 Å². The van der Waals surface area contributed by atoms with Crippen LogP contribution in [0.3, 0.4) is 0 Å². The lowest BCUT2D eigenvalue weighted by Crippen LogP contribution is -2.50. The average molecular weight is 560 g/mol. The van der Waals surface area contributed by atoms with Crippen LogP contribution < -0.4 is 4.90 Å². The molecule has 1 aliphatic rings. The molecular formula is C27H21ClF3N3O5. The number of carbonyl (C=O) groups excluding carboxylic acids is 1. The zero-order valence-electron chi connectivity index (χ0n) is 20.1. The van der Waals surface area contributed by atoms with Crippen LogP contribution in [0, 0.1) is 10.1 Å². The smallest absolute Gasteiger partial charge is 0.416 e. The Morgan fingerprint density at radius 2 is 1.74 bits per heavy atom. The van der Waals surface area contributed by atoms with Crippen molar-refractivity contribution in [2.75, 3.05) is 11.4 Å². The Kier molecular flexibility index (Phi) is 7.91. The van der Waals surface area contributed by atoms with E-state index in [-0.39, 0.29) is 30.6 Å². The van der Waals surface area contributed by atoms with Gasteiger partial charge in [0.1, 0.15) is 11.7 Å². The molecule has 0 radical (unpaired) electrons. The third-order valence-electron chi connectivity index (χ3n) is 6.25. The minimum absolute atomic E-state index is 0.0195. The summed E-state index contributed by atoms with van der Waals surface area (Å²) in [5.41, 5.74) is -0.445. The molecule has 0 fully saturated rings. The summed E-state index contributed by atoms with van der Waals surface area (Å²) in [6.45, 7) is 0.0711. The summed E-state index contributed by atoms with van der Waals surface area (Å²) < 4.78 is 39.3. The topological polar surface area (TPSA) is 104 Å². The number of nitrogens with zero attached hydrogens (tertiary/aromatic N) is 3. The van der Waals surface area contributed by atoms with Crippen LogP contribution in [0.2, 0.25) is 5.02 Å². The van der Waals surface area contributed by atoms with Crippen LogP contribution in [0.15, 0.2) is 79.1 Å². The zero-order chi connectivity index (χ0) is 28.3. The van der Waals surface area contributed by atoms with Gasteiger partial charge < -0.3 is 14.9 Å². The Bertz CT molecular complexity index is 1440. The first-order valence-corrected chi connectivity index (χ1v) is 12.0. The van der Waals surface area contributed by atoms with Gasteiger partial charge >= 0.3 is 12.1 Å². The van der Waals surface area contributed by atoms with Gasteiger partial charge in [0.25, 0.3) is 5.69 Å². The summed E-state index contributed by atoms with van der Waals surface area (Å²) in [7, 11) is 0. The van der Waals surface area contributed by atoms with Crippen molar-refractivity contribution >= 4 is 34.9 Å². The summed E-state index contributed by atoms with van der Waals surface area (Å²) in [4.78, 5) is 38.9. The normalized spacial score (nSPS) is 15.5. The fourth-order valence-corrected chi connectivity index (χ4v) is 4.40. The lowest BCUT2D eigenvalue weighted by Gasteiger charge is -2.37. The molecule has 1 amide bonds. The number of anilines is 1. The van der Waals surface area contributed by atoms with Crippen molar-refractivity contribution in [2.45, 2.75) is 25.1 Å². The average Bonchev–Trinajstić information content (AvgIpc) is 2.89. The molecule has 0 unspecified atom stereocenters. The first-order valence-electron chi connectivity index (χ1n) is 11.6. The lowest BCUT2D eigenvalue weighted by atomic mass is 10.0. The largest absolute Gasteiger partial charge is 0.478 e. The molecule has 8 nitrogen and oxygen atoms in total. The first kappa shape index (κ1) is 27.6. The maximum Gasteiger partial charge on any atom is 0.416 e. The van der Waals surface area contributed by atoms with E-state index in [0.29, 0.717) is 16.1 Å². The number of halogens is 4. The number of amides is 1. The standard InChI is InChI=1S/C27H21ClF3N3O5/c28-21-7-4-18(5-8-21)15-24-25(35)32(11-10-17-2-1-3-20(14-17)27(29,30)31)12-13-33(24)22-9-6-19(26(36)37)16-23(22)34(38)39/h1-9,12-14,16,24H,10-11,15H2,(H,36,37)/t24-/m0/s1. The van der Waals surface area contributed by atoms with E-state index in [1.54, 1.807) is 24.3 Å². The summed E-state index contributed by atoms with van der Waals surface area (Å²) in [5, 5.41) is 21.6. The number of alkyl halides is 3. The summed E-state index contributed by atoms with van der Waals surface area (Å²) >= 11 is 5.98. The van der Waals surface area contributed by atoms with Crippen molar-refractivity contribution in [3.05, 3.63) is 117 Å². The number of carboxylic acids is 1. The van der Waals surface area contributed by atoms with Crippen LogP contribution >= 0.6 is 11.6 Å². The third kappa shape index (κ3) is 6.37. The van der Waals surface area contributed by atoms with Crippen LogP contribution in [0.25, 0.3) is 0 Å². The second-order valence-electron chi connectivity index (χ2n) is 8.80. The Morgan fingerprint density at radius 1 is 1.03 bits per heavy atom. The number of hydrogen-bond donors (Lipinski definition) is 1. The Labute approximate surface area is 225 Å². The number of nitro groups is 1. The van der Waals surface area contributed by atoms with Crippen LogP contribution in [0.4, 0.5) is 24.5 Å². The van der Waals surface area contributed by atoms with Crippen molar-refractivity contribution < 1.29 is 32.8 Å². The number of benzene rings is 3. The molecule has 202 valence electrons. The zero-order valence-corrected chi connectivity index (χ0v) is 20.9. The minimum atomic E-state index is -4.49. The van der Waals surface area contributed by atoms with Crippen LogP contribution in [-0.4, -0.2) is 39.4 Å². The Balaban J connectivity index is 1.67. The molecule has 3 aromatic rings. The first-order chi connectivity index (χ1) is 18.4. The van der Waals surface area contributed by atoms with E-state index in [4.69, 9.17) is 11.6 Å². The number of rotatable bonds is 8. The molecule has 0 aromatic heterocycles. The molecule has 12 heteroatoms. The second-order valence-corrected chi connectivity index (χ2v) is 9.23. The number of hydrogen-bond acceptors (Lipinski definition) is 5. The SMILES string of the molecule is O=C(O)c1ccc(N2C=CN(CCc3cccc(C(F)(F)F)c3)C(=O)[C@@H]2Cc2ccc(Cl)cc2)c([N+](=O)[O-])c1. The Morgan fingerprint density at radius 3 is 2.38 bits per heavy atom. The van der Waals surface area contributed by atoms with Crippen molar-refractivity contribution in [2.24, 2.45) is 0 Å². The van der Waals surface area contributed by atoms with Crippen LogP contribution in [-0.2, 0) is 23.8 Å². The van der Waals surface area contributed by atoms with Gasteiger partial charge in [-0.1, -0.05) is 41.9 Å². The van der Waals surface area contributed by atoms with Crippen LogP contribution in [0.1, 0.15) is 27.0 Å². The monoisotopic (exact) mass is 559 g/mol. The molecule has 1 N–H and O–H groups in total. The van der Waals surface area contributed by atoms with Gasteiger partial charge in [0.15, 0.2) is 0 Å². The highest BCUT2D eigenvalue weighted by Crippen LogP contribution is 2.34. The quantitative estimate of drug-likeness (QED) is 0.271. The summed E-state index contributed by atoms with van der Waals surface area (Å²) in [6, 6.07) is 14.0. The van der Waals surface area contributed by atoms with Crippen molar-refractivity contribution in [1.29, 1.82) is 0 Å². The third-order valence-corrected chi connectivity index (χ3v) is 6.50. The highest BCUT2D eigenvalue weighted by molar-refractivity contribution is 6.30. The molecule has 0 saturated carbocycles. The second kappa shape index (κ2) is 11.2. The summed E-state index contributed by atoms with van der Waals surface area (Å²) in [6.07, 6.45) is -1.36. The van der Waals surface area contributed by atoms with Gasteiger partial charge in [-0.05, 0) is 47.9 Å². The highest BCUT2D eigenvalue weighted by Gasteiger charge is 2.36. The molecule has 0 spiro atoms. The molecule has 1 heterocycles.